The first-order valence-corrected chi connectivity index (χ1v) is 9.55. The SMILES string of the molecule is O=C(c1ccccc1C(F)(F)F)N1CCC(NCc2cnc(C3CC3)o2)CC1. The highest BCUT2D eigenvalue weighted by molar-refractivity contribution is 5.96. The summed E-state index contributed by atoms with van der Waals surface area (Å²) in [6.07, 6.45) is 0.845. The molecule has 2 aliphatic rings. The lowest BCUT2D eigenvalue weighted by Crippen LogP contribution is -2.45. The molecule has 8 heteroatoms. The van der Waals surface area contributed by atoms with Gasteiger partial charge in [-0.05, 0) is 37.8 Å². The molecular formula is C20H22F3N3O2. The summed E-state index contributed by atoms with van der Waals surface area (Å²) in [7, 11) is 0. The third kappa shape index (κ3) is 4.22. The minimum atomic E-state index is -4.54. The number of aromatic nitrogens is 1. The summed E-state index contributed by atoms with van der Waals surface area (Å²) < 4.78 is 45.2. The van der Waals surface area contributed by atoms with Crippen LogP contribution in [0.2, 0.25) is 0 Å². The number of nitrogens with one attached hydrogen (secondary N) is 1. The molecule has 1 saturated heterocycles. The maximum atomic E-state index is 13.2. The van der Waals surface area contributed by atoms with Gasteiger partial charge in [0.1, 0.15) is 5.76 Å². The van der Waals surface area contributed by atoms with Crippen LogP contribution < -0.4 is 5.32 Å². The van der Waals surface area contributed by atoms with Crippen molar-refractivity contribution in [3.05, 3.63) is 53.2 Å². The number of nitrogens with zero attached hydrogens (tertiary/aromatic N) is 2. The Morgan fingerprint density at radius 2 is 1.89 bits per heavy atom. The van der Waals surface area contributed by atoms with Crippen LogP contribution in [-0.4, -0.2) is 34.9 Å². The van der Waals surface area contributed by atoms with Crippen molar-refractivity contribution in [2.75, 3.05) is 13.1 Å². The number of oxazole rings is 1. The van der Waals surface area contributed by atoms with E-state index >= 15 is 0 Å². The van der Waals surface area contributed by atoms with Gasteiger partial charge in [0.15, 0.2) is 5.89 Å². The van der Waals surface area contributed by atoms with E-state index in [0.717, 1.165) is 30.6 Å². The highest BCUT2D eigenvalue weighted by Gasteiger charge is 2.36. The number of alkyl halides is 3. The topological polar surface area (TPSA) is 58.4 Å². The van der Waals surface area contributed by atoms with Crippen LogP contribution in [0.1, 0.15) is 59.2 Å². The van der Waals surface area contributed by atoms with Crippen LogP contribution >= 0.6 is 0 Å². The Morgan fingerprint density at radius 1 is 1.18 bits per heavy atom. The number of amides is 1. The average Bonchev–Trinajstić information content (AvgIpc) is 3.44. The van der Waals surface area contributed by atoms with Gasteiger partial charge in [-0.25, -0.2) is 4.98 Å². The van der Waals surface area contributed by atoms with Crippen molar-refractivity contribution >= 4 is 5.91 Å². The van der Waals surface area contributed by atoms with Gasteiger partial charge in [-0.1, -0.05) is 12.1 Å². The molecule has 0 bridgehead atoms. The Labute approximate surface area is 160 Å². The monoisotopic (exact) mass is 393 g/mol. The molecule has 1 amide bonds. The molecule has 5 nitrogen and oxygen atoms in total. The number of rotatable bonds is 5. The number of benzene rings is 1. The second-order valence-electron chi connectivity index (χ2n) is 7.43. The van der Waals surface area contributed by atoms with Crippen LogP contribution in [0.3, 0.4) is 0 Å². The first-order valence-electron chi connectivity index (χ1n) is 9.55. The van der Waals surface area contributed by atoms with E-state index in [9.17, 15) is 18.0 Å². The second kappa shape index (κ2) is 7.58. The lowest BCUT2D eigenvalue weighted by molar-refractivity contribution is -0.138. The van der Waals surface area contributed by atoms with Crippen molar-refractivity contribution in [1.82, 2.24) is 15.2 Å². The predicted octanol–water partition coefficient (Wildman–Crippen LogP) is 3.97. The highest BCUT2D eigenvalue weighted by Crippen LogP contribution is 2.39. The molecule has 0 spiro atoms. The number of carbonyl (C=O) groups is 1. The molecule has 0 radical (unpaired) electrons. The van der Waals surface area contributed by atoms with Crippen LogP contribution in [0.25, 0.3) is 0 Å². The molecule has 150 valence electrons. The maximum absolute atomic E-state index is 13.2. The molecule has 0 atom stereocenters. The van der Waals surface area contributed by atoms with E-state index in [0.29, 0.717) is 38.4 Å². The number of hydrogen-bond acceptors (Lipinski definition) is 4. The minimum absolute atomic E-state index is 0.191. The molecule has 1 aromatic heterocycles. The van der Waals surface area contributed by atoms with Crippen LogP contribution in [0, 0.1) is 0 Å². The molecule has 0 unspecified atom stereocenters. The summed E-state index contributed by atoms with van der Waals surface area (Å²) in [6.45, 7) is 1.41. The van der Waals surface area contributed by atoms with Gasteiger partial charge in [0.05, 0.1) is 23.9 Å². The van der Waals surface area contributed by atoms with Gasteiger partial charge < -0.3 is 14.6 Å². The van der Waals surface area contributed by atoms with Crippen molar-refractivity contribution in [2.45, 2.75) is 50.4 Å². The quantitative estimate of drug-likeness (QED) is 0.835. The van der Waals surface area contributed by atoms with E-state index in [1.165, 1.54) is 23.1 Å². The second-order valence-corrected chi connectivity index (χ2v) is 7.43. The zero-order valence-electron chi connectivity index (χ0n) is 15.3. The first-order chi connectivity index (χ1) is 13.4. The summed E-state index contributed by atoms with van der Waals surface area (Å²) >= 11 is 0. The normalized spacial score (nSPS) is 18.5. The largest absolute Gasteiger partial charge is 0.444 e. The Hall–Kier alpha value is -2.35. The third-order valence-corrected chi connectivity index (χ3v) is 5.31. The molecule has 1 saturated carbocycles. The fourth-order valence-electron chi connectivity index (χ4n) is 3.54. The fourth-order valence-corrected chi connectivity index (χ4v) is 3.54. The molecule has 4 rings (SSSR count). The molecular weight excluding hydrogens is 371 g/mol. The van der Waals surface area contributed by atoms with Gasteiger partial charge in [-0.3, -0.25) is 4.79 Å². The fraction of sp³-hybridized carbons (Fsp3) is 0.500. The average molecular weight is 393 g/mol. The van der Waals surface area contributed by atoms with Crippen molar-refractivity contribution in [2.24, 2.45) is 0 Å². The highest BCUT2D eigenvalue weighted by atomic mass is 19.4. The molecule has 1 aliphatic heterocycles. The van der Waals surface area contributed by atoms with E-state index in [2.05, 4.69) is 10.3 Å². The Bertz CT molecular complexity index is 837. The zero-order chi connectivity index (χ0) is 19.7. The predicted molar refractivity (Wildman–Crippen MR) is 95.7 cm³/mol. The number of carbonyl (C=O) groups excluding carboxylic acids is 1. The van der Waals surface area contributed by atoms with Crippen LogP contribution in [0.5, 0.6) is 0 Å². The number of halogens is 3. The number of likely N-dealkylation sites (tertiary alicyclic amines) is 1. The Kier molecular flexibility index (Phi) is 5.14. The Balaban J connectivity index is 1.30. The summed E-state index contributed by atoms with van der Waals surface area (Å²) in [5.41, 5.74) is -1.16. The lowest BCUT2D eigenvalue weighted by Gasteiger charge is -2.33. The molecule has 2 fully saturated rings. The van der Waals surface area contributed by atoms with Gasteiger partial charge in [-0.2, -0.15) is 13.2 Å². The smallest absolute Gasteiger partial charge is 0.417 e. The van der Waals surface area contributed by atoms with Gasteiger partial charge in [0.25, 0.3) is 5.91 Å². The molecule has 2 heterocycles. The van der Waals surface area contributed by atoms with Crippen LogP contribution in [0.4, 0.5) is 13.2 Å². The van der Waals surface area contributed by atoms with Crippen LogP contribution in [-0.2, 0) is 12.7 Å². The van der Waals surface area contributed by atoms with E-state index in [-0.39, 0.29) is 11.6 Å². The third-order valence-electron chi connectivity index (χ3n) is 5.31. The van der Waals surface area contributed by atoms with Crippen molar-refractivity contribution in [1.29, 1.82) is 0 Å². The van der Waals surface area contributed by atoms with Gasteiger partial charge >= 0.3 is 6.18 Å². The lowest BCUT2D eigenvalue weighted by atomic mass is 10.0. The summed E-state index contributed by atoms with van der Waals surface area (Å²) in [6, 6.07) is 5.15. The van der Waals surface area contributed by atoms with E-state index in [1.54, 1.807) is 6.20 Å². The van der Waals surface area contributed by atoms with E-state index in [4.69, 9.17) is 4.42 Å². The zero-order valence-corrected chi connectivity index (χ0v) is 15.3. The summed E-state index contributed by atoms with van der Waals surface area (Å²) in [5.74, 6) is 1.51. The van der Waals surface area contributed by atoms with Gasteiger partial charge in [0.2, 0.25) is 0 Å². The molecule has 1 aromatic carbocycles. The molecule has 1 aliphatic carbocycles. The van der Waals surface area contributed by atoms with E-state index in [1.807, 2.05) is 0 Å². The van der Waals surface area contributed by atoms with Crippen molar-refractivity contribution in [3.63, 3.8) is 0 Å². The van der Waals surface area contributed by atoms with Gasteiger partial charge in [0, 0.05) is 25.0 Å². The molecule has 1 N–H and O–H groups in total. The van der Waals surface area contributed by atoms with Crippen molar-refractivity contribution in [3.8, 4) is 0 Å². The van der Waals surface area contributed by atoms with Crippen molar-refractivity contribution < 1.29 is 22.4 Å². The minimum Gasteiger partial charge on any atom is -0.444 e. The first kappa shape index (κ1) is 19.0. The van der Waals surface area contributed by atoms with Crippen LogP contribution in [0.15, 0.2) is 34.9 Å². The summed E-state index contributed by atoms with van der Waals surface area (Å²) in [4.78, 5) is 18.4. The standard InChI is InChI=1S/C20H22F3N3O2/c21-20(22,23)17-4-2-1-3-16(17)19(27)26-9-7-14(8-10-26)24-11-15-12-25-18(28-15)13-5-6-13/h1-4,12-14,24H,5-11H2. The maximum Gasteiger partial charge on any atom is 0.417 e. The molecule has 2 aromatic rings. The van der Waals surface area contributed by atoms with E-state index < -0.39 is 17.6 Å². The summed E-state index contributed by atoms with van der Waals surface area (Å²) in [5, 5.41) is 3.39. The number of hydrogen-bond donors (Lipinski definition) is 1. The molecule has 28 heavy (non-hydrogen) atoms. The Morgan fingerprint density at radius 3 is 2.57 bits per heavy atom. The number of piperidine rings is 1. The van der Waals surface area contributed by atoms with Gasteiger partial charge in [-0.15, -0.1) is 0 Å².